The first-order valence-corrected chi connectivity index (χ1v) is 16.7. The maximum atomic E-state index is 12.8. The van der Waals surface area contributed by atoms with E-state index in [4.69, 9.17) is 37.4 Å². The lowest BCUT2D eigenvalue weighted by atomic mass is 10.1. The third-order valence-electron chi connectivity index (χ3n) is 8.03. The van der Waals surface area contributed by atoms with Gasteiger partial charge in [-0.05, 0) is 68.0 Å². The van der Waals surface area contributed by atoms with Crippen LogP contribution in [0.2, 0.25) is 10.0 Å². The summed E-state index contributed by atoms with van der Waals surface area (Å²) in [7, 11) is 0. The van der Waals surface area contributed by atoms with Crippen LogP contribution >= 0.6 is 23.2 Å². The molecule has 0 saturated carbocycles. The molecule has 2 aromatic carbocycles. The van der Waals surface area contributed by atoms with Crippen LogP contribution in [-0.2, 0) is 20.8 Å². The number of carbonyl (C=O) groups excluding carboxylic acids is 2. The van der Waals surface area contributed by atoms with Crippen LogP contribution in [0.15, 0.2) is 91.4 Å². The molecule has 1 aliphatic rings. The third kappa shape index (κ3) is 7.95. The SMILES string of the molecule is CCOC(=O)c1ccc(/C=C/C(=O)NCc2cccn2-c2ccc(Cl)c(C(Oc3cccc4cccnc34)N3CCOC(C)C3)c2Cl)cn1. The Hall–Kier alpha value is -4.74. The van der Waals surface area contributed by atoms with E-state index in [0.29, 0.717) is 52.3 Å². The molecule has 12 heteroatoms. The number of morpholine rings is 1. The summed E-state index contributed by atoms with van der Waals surface area (Å²) in [4.78, 5) is 35.5. The Kier molecular flexibility index (Phi) is 10.9. The van der Waals surface area contributed by atoms with Gasteiger partial charge in [0.15, 0.2) is 6.23 Å². The molecule has 5 aromatic rings. The first-order chi connectivity index (χ1) is 23.8. The smallest absolute Gasteiger partial charge is 0.356 e. The molecule has 49 heavy (non-hydrogen) atoms. The van der Waals surface area contributed by atoms with Gasteiger partial charge in [-0.25, -0.2) is 9.78 Å². The number of amides is 1. The molecule has 2 unspecified atom stereocenters. The van der Waals surface area contributed by atoms with E-state index in [9.17, 15) is 9.59 Å². The van der Waals surface area contributed by atoms with Crippen molar-refractivity contribution in [2.45, 2.75) is 32.7 Å². The highest BCUT2D eigenvalue weighted by atomic mass is 35.5. The van der Waals surface area contributed by atoms with E-state index in [1.807, 2.05) is 72.3 Å². The minimum atomic E-state index is -0.636. The Morgan fingerprint density at radius 2 is 1.94 bits per heavy atom. The highest BCUT2D eigenvalue weighted by Gasteiger charge is 2.32. The van der Waals surface area contributed by atoms with Crippen LogP contribution in [0.3, 0.4) is 0 Å². The van der Waals surface area contributed by atoms with E-state index >= 15 is 0 Å². The van der Waals surface area contributed by atoms with Crippen molar-refractivity contribution in [3.05, 3.63) is 124 Å². The number of fused-ring (bicyclic) bond motifs is 1. The predicted octanol–water partition coefficient (Wildman–Crippen LogP) is 7.03. The summed E-state index contributed by atoms with van der Waals surface area (Å²) in [5, 5.41) is 4.76. The second kappa shape index (κ2) is 15.7. The fourth-order valence-electron chi connectivity index (χ4n) is 5.67. The molecule has 1 amide bonds. The fourth-order valence-corrected chi connectivity index (χ4v) is 6.32. The molecule has 10 nitrogen and oxygen atoms in total. The van der Waals surface area contributed by atoms with Crippen LogP contribution in [0, 0.1) is 0 Å². The van der Waals surface area contributed by atoms with Crippen molar-refractivity contribution in [2.75, 3.05) is 26.3 Å². The van der Waals surface area contributed by atoms with Gasteiger partial charge < -0.3 is 24.1 Å². The lowest BCUT2D eigenvalue weighted by molar-refractivity contribution is -0.116. The monoisotopic (exact) mass is 699 g/mol. The molecule has 1 fully saturated rings. The van der Waals surface area contributed by atoms with Crippen LogP contribution < -0.4 is 10.1 Å². The Morgan fingerprint density at radius 3 is 2.73 bits per heavy atom. The number of nitrogens with zero attached hydrogens (tertiary/aromatic N) is 4. The average molecular weight is 701 g/mol. The van der Waals surface area contributed by atoms with Gasteiger partial charge in [0.25, 0.3) is 0 Å². The summed E-state index contributed by atoms with van der Waals surface area (Å²) in [6, 6.07) is 20.4. The van der Waals surface area contributed by atoms with Crippen LogP contribution in [0.25, 0.3) is 22.7 Å². The van der Waals surface area contributed by atoms with Crippen molar-refractivity contribution in [3.63, 3.8) is 0 Å². The summed E-state index contributed by atoms with van der Waals surface area (Å²) < 4.78 is 19.5. The van der Waals surface area contributed by atoms with Gasteiger partial charge in [-0.15, -0.1) is 0 Å². The summed E-state index contributed by atoms with van der Waals surface area (Å²) >= 11 is 14.2. The normalized spacial score (nSPS) is 15.7. The van der Waals surface area contributed by atoms with E-state index in [-0.39, 0.29) is 30.9 Å². The Labute approximate surface area is 294 Å². The van der Waals surface area contributed by atoms with Crippen molar-refractivity contribution in [2.24, 2.45) is 0 Å². The number of benzene rings is 2. The second-order valence-corrected chi connectivity index (χ2v) is 12.2. The molecule has 0 bridgehead atoms. The number of pyridine rings is 2. The Balaban J connectivity index is 1.24. The van der Waals surface area contributed by atoms with Gasteiger partial charge >= 0.3 is 5.97 Å². The zero-order valence-corrected chi connectivity index (χ0v) is 28.5. The van der Waals surface area contributed by atoms with Crippen molar-refractivity contribution < 1.29 is 23.8 Å². The van der Waals surface area contributed by atoms with E-state index in [2.05, 4.69) is 20.2 Å². The summed E-state index contributed by atoms with van der Waals surface area (Å²) in [5.74, 6) is -0.181. The molecule has 2 atom stereocenters. The molecule has 252 valence electrons. The largest absolute Gasteiger partial charge is 0.469 e. The molecule has 0 aliphatic carbocycles. The molecular formula is C37H35Cl2N5O5. The molecule has 3 aromatic heterocycles. The number of carbonyl (C=O) groups is 2. The third-order valence-corrected chi connectivity index (χ3v) is 8.75. The van der Waals surface area contributed by atoms with Crippen molar-refractivity contribution in [3.8, 4) is 11.4 Å². The first kappa shape index (κ1) is 34.1. The van der Waals surface area contributed by atoms with Crippen LogP contribution in [-0.4, -0.2) is 63.7 Å². The van der Waals surface area contributed by atoms with Gasteiger partial charge in [0.05, 0.1) is 41.6 Å². The molecule has 1 saturated heterocycles. The number of hydrogen-bond acceptors (Lipinski definition) is 8. The number of rotatable bonds is 11. The molecule has 0 radical (unpaired) electrons. The quantitative estimate of drug-likeness (QED) is 0.116. The Morgan fingerprint density at radius 1 is 1.08 bits per heavy atom. The Bertz CT molecular complexity index is 1970. The number of para-hydroxylation sites is 1. The fraction of sp³-hybridized carbons (Fsp3) is 0.243. The molecule has 1 N–H and O–H groups in total. The van der Waals surface area contributed by atoms with Gasteiger partial charge in [-0.2, -0.15) is 0 Å². The zero-order chi connectivity index (χ0) is 34.3. The lowest BCUT2D eigenvalue weighted by Crippen LogP contribution is -2.45. The second-order valence-electron chi connectivity index (χ2n) is 11.4. The van der Waals surface area contributed by atoms with Gasteiger partial charge in [-0.3, -0.25) is 14.7 Å². The summed E-state index contributed by atoms with van der Waals surface area (Å²) in [6.45, 7) is 6.02. The lowest BCUT2D eigenvalue weighted by Gasteiger charge is -2.38. The molecule has 0 spiro atoms. The minimum Gasteiger partial charge on any atom is -0.469 e. The number of aromatic nitrogens is 3. The van der Waals surface area contributed by atoms with Crippen molar-refractivity contribution in [1.29, 1.82) is 0 Å². The molecule has 6 rings (SSSR count). The minimum absolute atomic E-state index is 0.0137. The van der Waals surface area contributed by atoms with Gasteiger partial charge in [-0.1, -0.05) is 47.5 Å². The highest BCUT2D eigenvalue weighted by molar-refractivity contribution is 6.37. The summed E-state index contributed by atoms with van der Waals surface area (Å²) in [5.41, 5.74) is 3.71. The maximum absolute atomic E-state index is 12.8. The maximum Gasteiger partial charge on any atom is 0.356 e. The molecule has 4 heterocycles. The number of nitrogens with one attached hydrogen (secondary N) is 1. The topological polar surface area (TPSA) is 108 Å². The van der Waals surface area contributed by atoms with Gasteiger partial charge in [0.2, 0.25) is 5.91 Å². The average Bonchev–Trinajstić information content (AvgIpc) is 3.58. The highest BCUT2D eigenvalue weighted by Crippen LogP contribution is 2.40. The van der Waals surface area contributed by atoms with Crippen LogP contribution in [0.4, 0.5) is 0 Å². The van der Waals surface area contributed by atoms with E-state index in [1.165, 1.54) is 12.3 Å². The van der Waals surface area contributed by atoms with E-state index in [1.54, 1.807) is 31.3 Å². The van der Waals surface area contributed by atoms with Crippen LogP contribution in [0.5, 0.6) is 5.75 Å². The van der Waals surface area contributed by atoms with Crippen LogP contribution in [0.1, 0.15) is 47.4 Å². The summed E-state index contributed by atoms with van der Waals surface area (Å²) in [6.07, 6.45) is 7.52. The van der Waals surface area contributed by atoms with Crippen molar-refractivity contribution >= 4 is 52.1 Å². The zero-order valence-electron chi connectivity index (χ0n) is 27.0. The number of esters is 1. The predicted molar refractivity (Wildman–Crippen MR) is 189 cm³/mol. The molecule has 1 aliphatic heterocycles. The van der Waals surface area contributed by atoms with Crippen molar-refractivity contribution in [1.82, 2.24) is 24.8 Å². The number of halogens is 2. The number of hydrogen-bond donors (Lipinski definition) is 1. The molecular weight excluding hydrogens is 665 g/mol. The standard InChI is InChI=1S/C37H35Cl2N5O5/c1-3-47-37(46)29-14-11-25(21-41-29)12-16-32(45)42-22-27-9-6-18-44(27)30-15-13-28(38)33(34(30)39)36(43-19-20-48-24(2)23-43)49-31-10-4-7-26-8-5-17-40-35(26)31/h4-18,21,24,36H,3,19-20,22-23H2,1-2H3,(H,42,45)/b16-12+. The van der Waals surface area contributed by atoms with E-state index in [0.717, 1.165) is 16.6 Å². The number of ether oxygens (including phenoxy) is 3. The van der Waals surface area contributed by atoms with Gasteiger partial charge in [0.1, 0.15) is 17.0 Å². The first-order valence-electron chi connectivity index (χ1n) is 15.9. The van der Waals surface area contributed by atoms with E-state index < -0.39 is 12.2 Å². The van der Waals surface area contributed by atoms with Gasteiger partial charge in [0, 0.05) is 54.4 Å².